The van der Waals surface area contributed by atoms with Crippen molar-refractivity contribution in [2.75, 3.05) is 18.6 Å². The summed E-state index contributed by atoms with van der Waals surface area (Å²) in [6, 6.07) is 16.3. The number of aliphatic carboxylic acids is 1. The van der Waals surface area contributed by atoms with Gasteiger partial charge in [0, 0.05) is 47.3 Å². The molecule has 2 aromatic heterocycles. The summed E-state index contributed by atoms with van der Waals surface area (Å²) in [6.07, 6.45) is -0.758. The van der Waals surface area contributed by atoms with E-state index in [9.17, 15) is 27.6 Å². The molecule has 3 amide bonds. The summed E-state index contributed by atoms with van der Waals surface area (Å²) in [6.45, 7) is 7.90. The molecule has 1 aliphatic rings. The molecular weight excluding hydrogens is 709 g/mol. The zero-order chi connectivity index (χ0) is 39.8. The molecule has 2 heterocycles. The Balaban J connectivity index is 0.000000845. The number of rotatable bonds is 10. The lowest BCUT2D eigenvalue weighted by molar-refractivity contribution is -0.192. The summed E-state index contributed by atoms with van der Waals surface area (Å²) >= 11 is 0. The second-order valence-corrected chi connectivity index (χ2v) is 14.1. The Morgan fingerprint density at radius 2 is 1.67 bits per heavy atom. The van der Waals surface area contributed by atoms with E-state index in [-0.39, 0.29) is 24.2 Å². The minimum atomic E-state index is -5.08. The number of carboxylic acid groups (broad SMARTS) is 1. The van der Waals surface area contributed by atoms with Gasteiger partial charge >= 0.3 is 18.2 Å². The summed E-state index contributed by atoms with van der Waals surface area (Å²) in [4.78, 5) is 54.6. The number of carbonyl (C=O) groups excluding carboxylic acids is 3. The molecule has 5 N–H and O–H groups in total. The van der Waals surface area contributed by atoms with Gasteiger partial charge in [-0.2, -0.15) is 18.3 Å². The van der Waals surface area contributed by atoms with E-state index in [1.165, 1.54) is 0 Å². The van der Waals surface area contributed by atoms with Gasteiger partial charge in [0.2, 0.25) is 17.7 Å². The molecule has 0 aliphatic heterocycles. The summed E-state index contributed by atoms with van der Waals surface area (Å²) in [5, 5.41) is 18.0. The van der Waals surface area contributed by atoms with E-state index in [4.69, 9.17) is 25.1 Å². The number of nitrogens with two attached hydrogens (primary N) is 1. The van der Waals surface area contributed by atoms with Crippen LogP contribution in [0.1, 0.15) is 57.7 Å². The standard InChI is InChI=1S/C36H44N6O5.C2HF3O2/c1-22-29(16-17-32(40-22)46-5)25-10-6-23(7-11-25)18-31(33(37)43)42(28-15-14-27-21-39-41-30(27)19-28)34(44)26-12-8-24(9-13-26)20-38-35(45)47-36(2,3)4;3-2(4,5)1(6)7/h6-7,10-11,14-17,19,21,24,26,31H,8-9,12-13,18,20H2,1-5H3,(H2,37,43)(H,38,45)(H,39,41);(H,6,7)/t24-,26-,31-;/m0./s1. The zero-order valence-electron chi connectivity index (χ0n) is 30.7. The number of anilines is 1. The number of pyridine rings is 1. The van der Waals surface area contributed by atoms with Crippen molar-refractivity contribution in [2.45, 2.75) is 77.6 Å². The van der Waals surface area contributed by atoms with Crippen LogP contribution in [0.25, 0.3) is 22.0 Å². The number of alkyl carbamates (subject to hydrolysis) is 1. The van der Waals surface area contributed by atoms with Gasteiger partial charge in [0.05, 0.1) is 18.8 Å². The number of primary amides is 1. The van der Waals surface area contributed by atoms with Crippen LogP contribution >= 0.6 is 0 Å². The van der Waals surface area contributed by atoms with Gasteiger partial charge in [-0.1, -0.05) is 24.3 Å². The molecule has 0 bridgehead atoms. The average molecular weight is 755 g/mol. The van der Waals surface area contributed by atoms with Crippen LogP contribution in [0, 0.1) is 18.8 Å². The number of H-pyrrole nitrogens is 1. The van der Waals surface area contributed by atoms with Crippen molar-refractivity contribution >= 4 is 40.5 Å². The maximum absolute atomic E-state index is 14.4. The number of hydrogen-bond acceptors (Lipinski definition) is 8. The molecule has 0 spiro atoms. The predicted octanol–water partition coefficient (Wildman–Crippen LogP) is 6.34. The van der Waals surface area contributed by atoms with E-state index in [1.54, 1.807) is 18.2 Å². The minimum Gasteiger partial charge on any atom is -0.481 e. The summed E-state index contributed by atoms with van der Waals surface area (Å²) in [7, 11) is 1.59. The average Bonchev–Trinajstić information content (AvgIpc) is 3.58. The first-order chi connectivity index (χ1) is 25.4. The molecule has 16 heteroatoms. The Bertz CT molecular complexity index is 1930. The first-order valence-electron chi connectivity index (χ1n) is 17.3. The Hall–Kier alpha value is -5.67. The smallest absolute Gasteiger partial charge is 0.481 e. The number of aryl methyl sites for hydroxylation is 1. The number of carboxylic acids is 1. The van der Waals surface area contributed by atoms with Crippen molar-refractivity contribution in [3.63, 3.8) is 0 Å². The van der Waals surface area contributed by atoms with Crippen LogP contribution in [0.3, 0.4) is 0 Å². The van der Waals surface area contributed by atoms with Gasteiger partial charge in [0.1, 0.15) is 11.6 Å². The van der Waals surface area contributed by atoms with Gasteiger partial charge in [-0.25, -0.2) is 14.6 Å². The summed E-state index contributed by atoms with van der Waals surface area (Å²) in [5.41, 5.74) is 10.5. The molecule has 1 aliphatic carbocycles. The highest BCUT2D eigenvalue weighted by molar-refractivity contribution is 6.03. The largest absolute Gasteiger partial charge is 0.490 e. The van der Waals surface area contributed by atoms with E-state index in [0.717, 1.165) is 46.1 Å². The summed E-state index contributed by atoms with van der Waals surface area (Å²) in [5.74, 6) is -2.99. The van der Waals surface area contributed by atoms with Gasteiger partial charge in [-0.3, -0.25) is 19.6 Å². The lowest BCUT2D eigenvalue weighted by atomic mass is 9.81. The number of fused-ring (bicyclic) bond motifs is 1. The topological polar surface area (TPSA) is 190 Å². The van der Waals surface area contributed by atoms with Gasteiger partial charge in [-0.15, -0.1) is 0 Å². The highest BCUT2D eigenvalue weighted by Gasteiger charge is 2.38. The van der Waals surface area contributed by atoms with Crippen molar-refractivity contribution in [1.29, 1.82) is 0 Å². The Kier molecular flexibility index (Phi) is 13.3. The van der Waals surface area contributed by atoms with Crippen LogP contribution in [-0.4, -0.2) is 75.6 Å². The van der Waals surface area contributed by atoms with Gasteiger partial charge in [0.25, 0.3) is 0 Å². The molecule has 290 valence electrons. The number of alkyl halides is 3. The molecule has 0 saturated heterocycles. The van der Waals surface area contributed by atoms with E-state index >= 15 is 0 Å². The maximum atomic E-state index is 14.4. The van der Waals surface area contributed by atoms with E-state index < -0.39 is 35.8 Å². The molecule has 0 radical (unpaired) electrons. The van der Waals surface area contributed by atoms with Crippen LogP contribution in [-0.2, 0) is 25.5 Å². The molecule has 1 saturated carbocycles. The van der Waals surface area contributed by atoms with Gasteiger partial charge in [-0.05, 0) is 94.7 Å². The van der Waals surface area contributed by atoms with Gasteiger partial charge in [0.15, 0.2) is 0 Å². The van der Waals surface area contributed by atoms with E-state index in [1.807, 2.05) is 82.3 Å². The van der Waals surface area contributed by atoms with Crippen molar-refractivity contribution < 1.29 is 46.9 Å². The predicted molar refractivity (Wildman–Crippen MR) is 195 cm³/mol. The number of hydrogen-bond donors (Lipinski definition) is 4. The Labute approximate surface area is 310 Å². The van der Waals surface area contributed by atoms with Crippen LogP contribution in [0.5, 0.6) is 5.88 Å². The van der Waals surface area contributed by atoms with Crippen LogP contribution < -0.4 is 20.7 Å². The number of nitrogens with one attached hydrogen (secondary N) is 2. The molecule has 0 unspecified atom stereocenters. The van der Waals surface area contributed by atoms with E-state index in [2.05, 4.69) is 20.5 Å². The number of amides is 3. The molecule has 1 atom stereocenters. The summed E-state index contributed by atoms with van der Waals surface area (Å²) < 4.78 is 42.3. The third-order valence-electron chi connectivity index (χ3n) is 8.92. The first kappa shape index (κ1) is 41.1. The maximum Gasteiger partial charge on any atom is 0.490 e. The first-order valence-corrected chi connectivity index (χ1v) is 17.3. The number of nitrogens with zero attached hydrogens (tertiary/aromatic N) is 3. The molecular formula is C38H45F3N6O7. The highest BCUT2D eigenvalue weighted by atomic mass is 19.4. The van der Waals surface area contributed by atoms with Crippen LogP contribution in [0.2, 0.25) is 0 Å². The molecule has 4 aromatic rings. The number of methoxy groups -OCH3 is 1. The minimum absolute atomic E-state index is 0.136. The molecule has 54 heavy (non-hydrogen) atoms. The molecule has 2 aromatic carbocycles. The fourth-order valence-corrected chi connectivity index (χ4v) is 6.21. The second-order valence-electron chi connectivity index (χ2n) is 14.1. The fraction of sp³-hybridized carbons (Fsp3) is 0.421. The number of benzene rings is 2. The number of halogens is 3. The quantitative estimate of drug-likeness (QED) is 0.143. The normalized spacial score (nSPS) is 16.4. The third kappa shape index (κ3) is 11.2. The SMILES string of the molecule is COc1ccc(-c2ccc(C[C@@H](C(N)=O)N(c3ccc4cn[nH]c4c3)C(=O)[C@H]3CC[C@H](CNC(=O)OC(C)(C)C)CC3)cc2)c(C)n1.O=C(O)C(F)(F)F. The Morgan fingerprint density at radius 3 is 2.22 bits per heavy atom. The van der Waals surface area contributed by atoms with Crippen molar-refractivity contribution in [1.82, 2.24) is 20.5 Å². The highest BCUT2D eigenvalue weighted by Crippen LogP contribution is 2.34. The lowest BCUT2D eigenvalue weighted by Gasteiger charge is -2.36. The third-order valence-corrected chi connectivity index (χ3v) is 8.92. The van der Waals surface area contributed by atoms with Crippen LogP contribution in [0.4, 0.5) is 23.7 Å². The van der Waals surface area contributed by atoms with Crippen LogP contribution in [0.15, 0.2) is 60.8 Å². The van der Waals surface area contributed by atoms with Gasteiger partial charge < -0.3 is 25.6 Å². The monoisotopic (exact) mass is 754 g/mol. The number of ether oxygens (including phenoxy) is 2. The molecule has 5 rings (SSSR count). The lowest BCUT2D eigenvalue weighted by Crippen LogP contribution is -2.52. The molecule has 13 nitrogen and oxygen atoms in total. The number of carbonyl (C=O) groups is 4. The number of aromatic nitrogens is 3. The zero-order valence-corrected chi connectivity index (χ0v) is 30.7. The Morgan fingerprint density at radius 1 is 1.02 bits per heavy atom. The van der Waals surface area contributed by atoms with Crippen molar-refractivity contribution in [3.05, 3.63) is 72.1 Å². The van der Waals surface area contributed by atoms with E-state index in [0.29, 0.717) is 31.0 Å². The fourth-order valence-electron chi connectivity index (χ4n) is 6.21. The van der Waals surface area contributed by atoms with Crippen molar-refractivity contribution in [2.24, 2.45) is 17.6 Å². The molecule has 1 fully saturated rings. The van der Waals surface area contributed by atoms with Crippen molar-refractivity contribution in [3.8, 4) is 17.0 Å². The second kappa shape index (κ2) is 17.4. The number of aromatic amines is 1.